The molecule has 0 aliphatic heterocycles. The van der Waals surface area contributed by atoms with Crippen LogP contribution >= 0.6 is 0 Å². The van der Waals surface area contributed by atoms with Crippen molar-refractivity contribution in [1.82, 2.24) is 19.1 Å². The Balaban J connectivity index is 1.71. The summed E-state index contributed by atoms with van der Waals surface area (Å²) in [6.45, 7) is 5.66. The lowest BCUT2D eigenvalue weighted by Gasteiger charge is -2.14. The third kappa shape index (κ3) is 4.14. The Morgan fingerprint density at radius 3 is 2.57 bits per heavy atom. The normalized spacial score (nSPS) is 15.7. The first-order valence-electron chi connectivity index (χ1n) is 11.8. The van der Waals surface area contributed by atoms with Gasteiger partial charge in [-0.05, 0) is 63.9 Å². The van der Waals surface area contributed by atoms with Crippen molar-refractivity contribution in [1.29, 1.82) is 0 Å². The number of aromatic nitrogens is 4. The summed E-state index contributed by atoms with van der Waals surface area (Å²) in [4.78, 5) is 22.2. The third-order valence-electron chi connectivity index (χ3n) is 6.43. The van der Waals surface area contributed by atoms with Gasteiger partial charge in [0.15, 0.2) is 5.82 Å². The first-order chi connectivity index (χ1) is 16.6. The Kier molecular flexibility index (Phi) is 5.55. The van der Waals surface area contributed by atoms with E-state index in [4.69, 9.17) is 25.2 Å². The lowest BCUT2D eigenvalue weighted by molar-refractivity contribution is 0.0377. The highest BCUT2D eigenvalue weighted by molar-refractivity contribution is 5.97. The van der Waals surface area contributed by atoms with E-state index in [1.807, 2.05) is 41.3 Å². The highest BCUT2D eigenvalue weighted by Gasteiger charge is 2.44. The van der Waals surface area contributed by atoms with E-state index in [-0.39, 0.29) is 18.7 Å². The molecule has 1 aromatic carbocycles. The molecule has 2 N–H and O–H groups in total. The van der Waals surface area contributed by atoms with Gasteiger partial charge in [0, 0.05) is 18.5 Å². The standard InChI is InChI=1S/C26H30FN5O3/c1-14(2)35-25(33)17-10-19-22(21(12-17)34-5)31(4)24(30-19)20-11-16-6-7-18(15(3)28)29-23(16)32(20)13-26(27)8-9-26/h6-7,10-12,14-15H,8-9,13,28H2,1-5H3/t15-/m1/s1. The topological polar surface area (TPSA) is 97.2 Å². The maximum atomic E-state index is 15.0. The van der Waals surface area contributed by atoms with Crippen LogP contribution in [0.3, 0.4) is 0 Å². The Hall–Kier alpha value is -3.46. The number of alkyl halides is 1. The molecule has 1 fully saturated rings. The summed E-state index contributed by atoms with van der Waals surface area (Å²) in [6.07, 6.45) is 0.802. The SMILES string of the molecule is COc1cc(C(=O)OC(C)C)cc2nc(-c3cc4ccc([C@@H](C)N)nc4n3CC3(F)CC3)n(C)c12. The number of fused-ring (bicyclic) bond motifs is 2. The van der Waals surface area contributed by atoms with Crippen molar-refractivity contribution >= 4 is 28.0 Å². The summed E-state index contributed by atoms with van der Waals surface area (Å²) in [5.74, 6) is 0.683. The molecular weight excluding hydrogens is 449 g/mol. The number of nitrogens with zero attached hydrogens (tertiary/aromatic N) is 4. The lowest BCUT2D eigenvalue weighted by Crippen LogP contribution is -2.15. The molecule has 8 nitrogen and oxygen atoms in total. The molecular formula is C26H30FN5O3. The van der Waals surface area contributed by atoms with E-state index in [1.54, 1.807) is 33.1 Å². The fraction of sp³-hybridized carbons (Fsp3) is 0.423. The quantitative estimate of drug-likeness (QED) is 0.387. The second-order valence-electron chi connectivity index (χ2n) is 9.70. The minimum Gasteiger partial charge on any atom is -0.494 e. The predicted molar refractivity (Wildman–Crippen MR) is 132 cm³/mol. The maximum Gasteiger partial charge on any atom is 0.338 e. The van der Waals surface area contributed by atoms with E-state index >= 15 is 4.39 Å². The van der Waals surface area contributed by atoms with Gasteiger partial charge in [-0.2, -0.15) is 0 Å². The van der Waals surface area contributed by atoms with Gasteiger partial charge in [0.2, 0.25) is 0 Å². The number of halogens is 1. The molecule has 0 radical (unpaired) electrons. The van der Waals surface area contributed by atoms with Gasteiger partial charge in [-0.25, -0.2) is 19.2 Å². The van der Waals surface area contributed by atoms with Crippen LogP contribution in [0.25, 0.3) is 33.6 Å². The van der Waals surface area contributed by atoms with Gasteiger partial charge in [0.05, 0.1) is 42.2 Å². The molecule has 0 bridgehead atoms. The molecule has 9 heteroatoms. The molecule has 0 spiro atoms. The average Bonchev–Trinajstić information content (AvgIpc) is 3.30. The molecule has 1 saturated carbocycles. The molecule has 3 aromatic heterocycles. The number of esters is 1. The number of rotatable bonds is 7. The molecule has 0 unspecified atom stereocenters. The fourth-order valence-electron chi connectivity index (χ4n) is 4.41. The van der Waals surface area contributed by atoms with Crippen molar-refractivity contribution in [2.45, 2.75) is 58.0 Å². The number of hydrogen-bond acceptors (Lipinski definition) is 6. The highest BCUT2D eigenvalue weighted by Crippen LogP contribution is 2.43. The first kappa shape index (κ1) is 23.3. The summed E-state index contributed by atoms with van der Waals surface area (Å²) in [7, 11) is 3.43. The number of benzene rings is 1. The van der Waals surface area contributed by atoms with E-state index < -0.39 is 11.6 Å². The zero-order chi connectivity index (χ0) is 25.1. The predicted octanol–water partition coefficient (Wildman–Crippen LogP) is 4.69. The maximum absolute atomic E-state index is 15.0. The van der Waals surface area contributed by atoms with Gasteiger partial charge >= 0.3 is 5.97 Å². The fourth-order valence-corrected chi connectivity index (χ4v) is 4.41. The number of hydrogen-bond donors (Lipinski definition) is 1. The molecule has 4 aromatic rings. The Morgan fingerprint density at radius 2 is 1.94 bits per heavy atom. The molecule has 0 amide bonds. The number of methoxy groups -OCH3 is 1. The highest BCUT2D eigenvalue weighted by atomic mass is 19.1. The van der Waals surface area contributed by atoms with Crippen molar-refractivity contribution < 1.29 is 18.7 Å². The summed E-state index contributed by atoms with van der Waals surface area (Å²) in [5, 5.41) is 0.883. The summed E-state index contributed by atoms with van der Waals surface area (Å²) >= 11 is 0. The van der Waals surface area contributed by atoms with Crippen LogP contribution in [-0.2, 0) is 18.3 Å². The minimum atomic E-state index is -1.25. The molecule has 184 valence electrons. The second kappa shape index (κ2) is 8.34. The van der Waals surface area contributed by atoms with Gasteiger partial charge in [-0.3, -0.25) is 0 Å². The minimum absolute atomic E-state index is 0.188. The van der Waals surface area contributed by atoms with Crippen LogP contribution in [0.1, 0.15) is 55.7 Å². The Labute approximate surface area is 202 Å². The second-order valence-corrected chi connectivity index (χ2v) is 9.70. The number of nitrogens with two attached hydrogens (primary N) is 1. The van der Waals surface area contributed by atoms with Gasteiger partial charge in [-0.1, -0.05) is 0 Å². The van der Waals surface area contributed by atoms with Gasteiger partial charge in [0.1, 0.15) is 22.6 Å². The number of carbonyl (C=O) groups is 1. The molecule has 1 aliphatic rings. The number of pyridine rings is 1. The van der Waals surface area contributed by atoms with Crippen molar-refractivity contribution in [3.05, 3.63) is 41.6 Å². The lowest BCUT2D eigenvalue weighted by atomic mass is 10.2. The Bertz CT molecular complexity index is 1450. The zero-order valence-electron chi connectivity index (χ0n) is 20.6. The number of aryl methyl sites for hydroxylation is 1. The van der Waals surface area contributed by atoms with Crippen molar-refractivity contribution in [3.8, 4) is 17.3 Å². The smallest absolute Gasteiger partial charge is 0.338 e. The van der Waals surface area contributed by atoms with Crippen LogP contribution in [0.4, 0.5) is 4.39 Å². The van der Waals surface area contributed by atoms with Crippen LogP contribution < -0.4 is 10.5 Å². The number of imidazole rings is 1. The van der Waals surface area contributed by atoms with Crippen LogP contribution in [0, 0.1) is 0 Å². The molecule has 1 aliphatic carbocycles. The number of carbonyl (C=O) groups excluding carboxylic acids is 1. The molecule has 5 rings (SSSR count). The van der Waals surface area contributed by atoms with Crippen LogP contribution in [0.5, 0.6) is 5.75 Å². The third-order valence-corrected chi connectivity index (χ3v) is 6.43. The number of ether oxygens (including phenoxy) is 2. The summed E-state index contributed by atoms with van der Waals surface area (Å²) in [6, 6.07) is 8.95. The monoisotopic (exact) mass is 479 g/mol. The largest absolute Gasteiger partial charge is 0.494 e. The van der Waals surface area contributed by atoms with E-state index in [2.05, 4.69) is 0 Å². The molecule has 1 atom stereocenters. The van der Waals surface area contributed by atoms with Crippen LogP contribution in [0.2, 0.25) is 0 Å². The molecule has 0 saturated heterocycles. The van der Waals surface area contributed by atoms with Crippen molar-refractivity contribution in [2.24, 2.45) is 12.8 Å². The van der Waals surface area contributed by atoms with Gasteiger partial charge < -0.3 is 24.3 Å². The van der Waals surface area contributed by atoms with Crippen molar-refractivity contribution in [2.75, 3.05) is 7.11 Å². The zero-order valence-corrected chi connectivity index (χ0v) is 20.6. The van der Waals surface area contributed by atoms with E-state index in [1.165, 1.54) is 0 Å². The molecule has 3 heterocycles. The Morgan fingerprint density at radius 1 is 1.20 bits per heavy atom. The summed E-state index contributed by atoms with van der Waals surface area (Å²) in [5.41, 5.74) is 8.66. The first-order valence-corrected chi connectivity index (χ1v) is 11.8. The summed E-state index contributed by atoms with van der Waals surface area (Å²) < 4.78 is 29.8. The van der Waals surface area contributed by atoms with Crippen LogP contribution in [0.15, 0.2) is 30.3 Å². The van der Waals surface area contributed by atoms with E-state index in [0.29, 0.717) is 41.1 Å². The average molecular weight is 480 g/mol. The van der Waals surface area contributed by atoms with Gasteiger partial charge in [0.25, 0.3) is 0 Å². The molecule has 35 heavy (non-hydrogen) atoms. The van der Waals surface area contributed by atoms with E-state index in [0.717, 1.165) is 22.3 Å². The van der Waals surface area contributed by atoms with Gasteiger partial charge in [-0.15, -0.1) is 0 Å². The van der Waals surface area contributed by atoms with E-state index in [9.17, 15) is 4.79 Å². The van der Waals surface area contributed by atoms with Crippen molar-refractivity contribution in [3.63, 3.8) is 0 Å². The van der Waals surface area contributed by atoms with Crippen LogP contribution in [-0.4, -0.2) is 44.0 Å².